The van der Waals surface area contributed by atoms with Crippen LogP contribution in [0.15, 0.2) is 17.0 Å². The van der Waals surface area contributed by atoms with Crippen LogP contribution in [0.2, 0.25) is 0 Å². The van der Waals surface area contributed by atoms with Crippen molar-refractivity contribution in [1.29, 1.82) is 0 Å². The van der Waals surface area contributed by atoms with E-state index in [1.807, 2.05) is 13.8 Å². The largest absolute Gasteiger partial charge is 0.480 e. The standard InChI is InChI=1S/C12H15NO4S/c1-7-4-5-9-11(8(7)2)13(3)6-10(12(14)15)18(9,16)17/h4-5,10H,6H2,1-3H3,(H,14,15). The van der Waals surface area contributed by atoms with Gasteiger partial charge in [0.1, 0.15) is 0 Å². The smallest absolute Gasteiger partial charge is 0.324 e. The number of fused-ring (bicyclic) bond motifs is 1. The van der Waals surface area contributed by atoms with Crippen molar-refractivity contribution in [3.8, 4) is 0 Å². The number of aliphatic carboxylic acids is 1. The molecule has 1 heterocycles. The van der Waals surface area contributed by atoms with Crippen molar-refractivity contribution < 1.29 is 18.3 Å². The fraction of sp³-hybridized carbons (Fsp3) is 0.417. The second kappa shape index (κ2) is 3.98. The average molecular weight is 269 g/mol. The summed E-state index contributed by atoms with van der Waals surface area (Å²) in [7, 11) is -2.08. The number of sulfone groups is 1. The Bertz CT molecular complexity index is 621. The van der Waals surface area contributed by atoms with Crippen LogP contribution in [0, 0.1) is 13.8 Å². The third-order valence-electron chi connectivity index (χ3n) is 3.44. The number of anilines is 1. The number of nitrogens with zero attached hydrogens (tertiary/aromatic N) is 1. The Morgan fingerprint density at radius 2 is 2.00 bits per heavy atom. The molecule has 1 aliphatic rings. The van der Waals surface area contributed by atoms with E-state index in [1.54, 1.807) is 18.0 Å². The molecule has 6 heteroatoms. The van der Waals surface area contributed by atoms with Crippen LogP contribution in [0.4, 0.5) is 5.69 Å². The van der Waals surface area contributed by atoms with Crippen LogP contribution in [0.5, 0.6) is 0 Å². The molecule has 1 aromatic carbocycles. The van der Waals surface area contributed by atoms with E-state index in [9.17, 15) is 13.2 Å². The average Bonchev–Trinajstić information content (AvgIpc) is 2.26. The quantitative estimate of drug-likeness (QED) is 0.822. The molecule has 0 saturated carbocycles. The molecule has 0 radical (unpaired) electrons. The number of carboxylic acid groups (broad SMARTS) is 1. The Labute approximate surface area is 106 Å². The summed E-state index contributed by atoms with van der Waals surface area (Å²) < 4.78 is 24.5. The zero-order valence-corrected chi connectivity index (χ0v) is 11.3. The van der Waals surface area contributed by atoms with Crippen LogP contribution in [0.1, 0.15) is 11.1 Å². The second-order valence-corrected chi connectivity index (χ2v) is 6.71. The van der Waals surface area contributed by atoms with Gasteiger partial charge in [-0.2, -0.15) is 0 Å². The van der Waals surface area contributed by atoms with Gasteiger partial charge in [-0.15, -0.1) is 0 Å². The molecule has 1 aliphatic heterocycles. The first kappa shape index (κ1) is 12.9. The van der Waals surface area contributed by atoms with Gasteiger partial charge in [-0.3, -0.25) is 4.79 Å². The first-order chi connectivity index (χ1) is 8.26. The van der Waals surface area contributed by atoms with Crippen LogP contribution in [-0.2, 0) is 14.6 Å². The molecule has 1 unspecified atom stereocenters. The van der Waals surface area contributed by atoms with Crippen molar-refractivity contribution in [2.45, 2.75) is 24.0 Å². The van der Waals surface area contributed by atoms with Gasteiger partial charge in [0, 0.05) is 13.6 Å². The highest BCUT2D eigenvalue weighted by Crippen LogP contribution is 2.36. The number of hydrogen-bond acceptors (Lipinski definition) is 4. The molecule has 1 atom stereocenters. The summed E-state index contributed by atoms with van der Waals surface area (Å²) in [6.07, 6.45) is 0. The lowest BCUT2D eigenvalue weighted by atomic mass is 10.1. The highest BCUT2D eigenvalue weighted by atomic mass is 32.2. The second-order valence-electron chi connectivity index (χ2n) is 4.61. The lowest BCUT2D eigenvalue weighted by Crippen LogP contribution is -2.45. The summed E-state index contributed by atoms with van der Waals surface area (Å²) in [6.45, 7) is 3.73. The molecule has 0 aromatic heterocycles. The number of aryl methyl sites for hydroxylation is 1. The van der Waals surface area contributed by atoms with Crippen molar-refractivity contribution in [3.63, 3.8) is 0 Å². The highest BCUT2D eigenvalue weighted by molar-refractivity contribution is 7.93. The summed E-state index contributed by atoms with van der Waals surface area (Å²) in [5.74, 6) is -1.30. The molecule has 1 aromatic rings. The van der Waals surface area contributed by atoms with Gasteiger partial charge >= 0.3 is 5.97 Å². The lowest BCUT2D eigenvalue weighted by molar-refractivity contribution is -0.136. The Morgan fingerprint density at radius 1 is 1.39 bits per heavy atom. The van der Waals surface area contributed by atoms with Crippen molar-refractivity contribution in [2.24, 2.45) is 0 Å². The van der Waals surface area contributed by atoms with E-state index >= 15 is 0 Å². The fourth-order valence-electron chi connectivity index (χ4n) is 2.28. The fourth-order valence-corrected chi connectivity index (χ4v) is 4.11. The van der Waals surface area contributed by atoms with Gasteiger partial charge in [-0.1, -0.05) is 6.07 Å². The molecule has 0 saturated heterocycles. The maximum atomic E-state index is 12.2. The van der Waals surface area contributed by atoms with Gasteiger partial charge in [-0.05, 0) is 31.0 Å². The molecule has 1 N–H and O–H groups in total. The monoisotopic (exact) mass is 269 g/mol. The predicted octanol–water partition coefficient (Wildman–Crippen LogP) is 0.980. The van der Waals surface area contributed by atoms with Crippen molar-refractivity contribution in [3.05, 3.63) is 23.3 Å². The molecular weight excluding hydrogens is 254 g/mol. The van der Waals surface area contributed by atoms with Crippen LogP contribution in [0.3, 0.4) is 0 Å². The van der Waals surface area contributed by atoms with Gasteiger partial charge in [0.25, 0.3) is 0 Å². The SMILES string of the molecule is Cc1ccc2c(c1C)N(C)CC(C(=O)O)S2(=O)=O. The minimum atomic E-state index is -3.80. The van der Waals surface area contributed by atoms with Gasteiger partial charge in [0.05, 0.1) is 10.6 Å². The summed E-state index contributed by atoms with van der Waals surface area (Å²) in [5.41, 5.74) is 2.49. The molecule has 0 amide bonds. The molecule has 5 nitrogen and oxygen atoms in total. The Kier molecular flexibility index (Phi) is 2.85. The zero-order chi connectivity index (χ0) is 13.7. The summed E-state index contributed by atoms with van der Waals surface area (Å²) in [5, 5.41) is 7.64. The number of hydrogen-bond donors (Lipinski definition) is 1. The molecule has 0 aliphatic carbocycles. The molecule has 0 spiro atoms. The first-order valence-electron chi connectivity index (χ1n) is 5.55. The Morgan fingerprint density at radius 3 is 2.56 bits per heavy atom. The summed E-state index contributed by atoms with van der Waals surface area (Å²) in [4.78, 5) is 12.9. The van der Waals surface area contributed by atoms with Crippen LogP contribution in [0.25, 0.3) is 0 Å². The van der Waals surface area contributed by atoms with Gasteiger partial charge < -0.3 is 10.0 Å². The van der Waals surface area contributed by atoms with Crippen molar-refractivity contribution >= 4 is 21.5 Å². The van der Waals surface area contributed by atoms with Gasteiger partial charge in [0.2, 0.25) is 0 Å². The van der Waals surface area contributed by atoms with E-state index in [0.717, 1.165) is 11.1 Å². The third-order valence-corrected chi connectivity index (χ3v) is 5.49. The van der Waals surface area contributed by atoms with E-state index in [0.29, 0.717) is 5.69 Å². The highest BCUT2D eigenvalue weighted by Gasteiger charge is 2.41. The maximum absolute atomic E-state index is 12.2. The van der Waals surface area contributed by atoms with E-state index < -0.39 is 21.1 Å². The minimum Gasteiger partial charge on any atom is -0.480 e. The number of rotatable bonds is 1. The summed E-state index contributed by atoms with van der Waals surface area (Å²) >= 11 is 0. The van der Waals surface area contributed by atoms with Crippen molar-refractivity contribution in [1.82, 2.24) is 0 Å². The molecule has 98 valence electrons. The summed E-state index contributed by atoms with van der Waals surface area (Å²) in [6, 6.07) is 3.21. The van der Waals surface area contributed by atoms with Crippen LogP contribution < -0.4 is 4.90 Å². The van der Waals surface area contributed by atoms with Crippen LogP contribution in [-0.4, -0.2) is 38.3 Å². The van der Waals surface area contributed by atoms with E-state index in [-0.39, 0.29) is 11.4 Å². The molecular formula is C12H15NO4S. The van der Waals surface area contributed by atoms with Gasteiger partial charge in [-0.25, -0.2) is 8.42 Å². The van der Waals surface area contributed by atoms with E-state index in [1.165, 1.54) is 6.07 Å². The number of benzene rings is 1. The van der Waals surface area contributed by atoms with E-state index in [4.69, 9.17) is 5.11 Å². The lowest BCUT2D eigenvalue weighted by Gasteiger charge is -2.33. The number of carbonyl (C=O) groups is 1. The molecule has 2 rings (SSSR count). The van der Waals surface area contributed by atoms with E-state index in [2.05, 4.69) is 0 Å². The van der Waals surface area contributed by atoms with Crippen LogP contribution >= 0.6 is 0 Å². The maximum Gasteiger partial charge on any atom is 0.324 e. The topological polar surface area (TPSA) is 74.7 Å². The normalized spacial score (nSPS) is 21.5. The Balaban J connectivity index is 2.75. The molecule has 0 fully saturated rings. The van der Waals surface area contributed by atoms with Crippen molar-refractivity contribution in [2.75, 3.05) is 18.5 Å². The zero-order valence-electron chi connectivity index (χ0n) is 10.5. The molecule has 0 bridgehead atoms. The third kappa shape index (κ3) is 1.68. The Hall–Kier alpha value is -1.56. The number of carboxylic acids is 1. The van der Waals surface area contributed by atoms with Gasteiger partial charge in [0.15, 0.2) is 15.1 Å². The first-order valence-corrected chi connectivity index (χ1v) is 7.09. The minimum absolute atomic E-state index is 0.0189. The molecule has 18 heavy (non-hydrogen) atoms. The predicted molar refractivity (Wildman–Crippen MR) is 67.8 cm³/mol.